The van der Waals surface area contributed by atoms with Crippen molar-refractivity contribution in [2.45, 2.75) is 47.0 Å². The molecule has 0 amide bonds. The van der Waals surface area contributed by atoms with Crippen LogP contribution in [0.1, 0.15) is 47.0 Å². The van der Waals surface area contributed by atoms with E-state index in [1.165, 1.54) is 19.3 Å². The lowest BCUT2D eigenvalue weighted by molar-refractivity contribution is 0.460. The smallest absolute Gasteiger partial charge is 0.0177 e. The molecule has 0 aliphatic heterocycles. The first-order valence-corrected chi connectivity index (χ1v) is 4.30. The minimum absolute atomic E-state index is 0.412. The maximum absolute atomic E-state index is 2.33. The van der Waals surface area contributed by atoms with Crippen LogP contribution in [0.15, 0.2) is 12.2 Å². The molecule has 0 radical (unpaired) electrons. The van der Waals surface area contributed by atoms with E-state index in [0.29, 0.717) is 5.41 Å². The molecule has 0 aliphatic carbocycles. The Kier molecular flexibility index (Phi) is 4.42. The van der Waals surface area contributed by atoms with E-state index in [0.717, 1.165) is 0 Å². The van der Waals surface area contributed by atoms with E-state index in [1.54, 1.807) is 0 Å². The Hall–Kier alpha value is -0.260. The van der Waals surface area contributed by atoms with Crippen molar-refractivity contribution in [3.8, 4) is 0 Å². The van der Waals surface area contributed by atoms with E-state index in [9.17, 15) is 0 Å². The van der Waals surface area contributed by atoms with Gasteiger partial charge >= 0.3 is 0 Å². The Morgan fingerprint density at radius 1 is 1.20 bits per heavy atom. The third-order valence-corrected chi connectivity index (χ3v) is 1.94. The van der Waals surface area contributed by atoms with Crippen molar-refractivity contribution in [2.24, 2.45) is 5.41 Å². The van der Waals surface area contributed by atoms with Crippen molar-refractivity contribution in [1.82, 2.24) is 0 Å². The van der Waals surface area contributed by atoms with E-state index in [-0.39, 0.29) is 0 Å². The van der Waals surface area contributed by atoms with Crippen molar-refractivity contribution in [3.63, 3.8) is 0 Å². The van der Waals surface area contributed by atoms with E-state index >= 15 is 0 Å². The fourth-order valence-corrected chi connectivity index (χ4v) is 0.687. The largest absolute Gasteiger partial charge is 0.0880 e. The average molecular weight is 140 g/mol. The molecule has 60 valence electrons. The normalized spacial score (nSPS) is 12.8. The summed E-state index contributed by atoms with van der Waals surface area (Å²) in [4.78, 5) is 0. The molecule has 0 rings (SSSR count). The molecular weight excluding hydrogens is 120 g/mol. The van der Waals surface area contributed by atoms with Gasteiger partial charge < -0.3 is 0 Å². The van der Waals surface area contributed by atoms with Crippen LogP contribution in [0, 0.1) is 5.41 Å². The van der Waals surface area contributed by atoms with Crippen LogP contribution < -0.4 is 0 Å². The zero-order valence-electron chi connectivity index (χ0n) is 7.78. The monoisotopic (exact) mass is 140 g/mol. The Labute approximate surface area is 65.3 Å². The second-order valence-corrected chi connectivity index (χ2v) is 3.53. The molecule has 0 aromatic heterocycles. The lowest BCUT2D eigenvalue weighted by Gasteiger charge is -2.16. The average Bonchev–Trinajstić information content (AvgIpc) is 1.89. The van der Waals surface area contributed by atoms with Crippen molar-refractivity contribution in [1.29, 1.82) is 0 Å². The van der Waals surface area contributed by atoms with Gasteiger partial charge in [-0.25, -0.2) is 0 Å². The van der Waals surface area contributed by atoms with E-state index in [2.05, 4.69) is 39.8 Å². The van der Waals surface area contributed by atoms with Crippen molar-refractivity contribution in [2.75, 3.05) is 0 Å². The summed E-state index contributed by atoms with van der Waals surface area (Å²) in [7, 11) is 0. The lowest BCUT2D eigenvalue weighted by atomic mass is 9.90. The molecule has 0 spiro atoms. The number of hydrogen-bond acceptors (Lipinski definition) is 0. The molecule has 0 saturated carbocycles. The van der Waals surface area contributed by atoms with Gasteiger partial charge in [-0.15, -0.1) is 0 Å². The van der Waals surface area contributed by atoms with Crippen LogP contribution in [-0.4, -0.2) is 0 Å². The van der Waals surface area contributed by atoms with Crippen LogP contribution >= 0.6 is 0 Å². The zero-order chi connectivity index (χ0) is 8.04. The van der Waals surface area contributed by atoms with Crippen molar-refractivity contribution in [3.05, 3.63) is 12.2 Å². The first kappa shape index (κ1) is 9.74. The fraction of sp³-hybridized carbons (Fsp3) is 0.800. The molecule has 0 bridgehead atoms. The summed E-state index contributed by atoms with van der Waals surface area (Å²) in [6, 6.07) is 0. The van der Waals surface area contributed by atoms with Gasteiger partial charge in [0.15, 0.2) is 0 Å². The van der Waals surface area contributed by atoms with Gasteiger partial charge in [0.1, 0.15) is 0 Å². The summed E-state index contributed by atoms with van der Waals surface area (Å²) in [6.07, 6.45) is 8.34. The second kappa shape index (κ2) is 4.54. The van der Waals surface area contributed by atoms with Crippen LogP contribution in [0.3, 0.4) is 0 Å². The van der Waals surface area contributed by atoms with Crippen LogP contribution in [-0.2, 0) is 0 Å². The summed E-state index contributed by atoms with van der Waals surface area (Å²) < 4.78 is 0. The summed E-state index contributed by atoms with van der Waals surface area (Å²) in [5.74, 6) is 0. The van der Waals surface area contributed by atoms with Crippen LogP contribution in [0.5, 0.6) is 0 Å². The third kappa shape index (κ3) is 4.60. The van der Waals surface area contributed by atoms with Crippen LogP contribution in [0.2, 0.25) is 0 Å². The Morgan fingerprint density at radius 3 is 2.20 bits per heavy atom. The highest BCUT2D eigenvalue weighted by molar-refractivity contribution is 4.93. The predicted octanol–water partition coefficient (Wildman–Crippen LogP) is 3.78. The molecule has 0 aromatic rings. The summed E-state index contributed by atoms with van der Waals surface area (Å²) in [5, 5.41) is 0. The molecule has 0 fully saturated rings. The highest BCUT2D eigenvalue weighted by Gasteiger charge is 2.08. The van der Waals surface area contributed by atoms with E-state index in [4.69, 9.17) is 0 Å². The van der Waals surface area contributed by atoms with Gasteiger partial charge in [-0.2, -0.15) is 0 Å². The molecule has 0 heterocycles. The second-order valence-electron chi connectivity index (χ2n) is 3.53. The molecule has 10 heavy (non-hydrogen) atoms. The maximum atomic E-state index is 2.33. The Bertz CT molecular complexity index is 98.6. The van der Waals surface area contributed by atoms with Gasteiger partial charge in [0, 0.05) is 0 Å². The standard InChI is InChI=1S/C10H20/c1-5-7-8-9-10(3,4)6-2/h8-9H,5-7H2,1-4H3/b9-8-. The minimum atomic E-state index is 0.412. The molecule has 0 unspecified atom stereocenters. The van der Waals surface area contributed by atoms with Gasteiger partial charge in [-0.05, 0) is 18.3 Å². The predicted molar refractivity (Wildman–Crippen MR) is 48.1 cm³/mol. The zero-order valence-corrected chi connectivity index (χ0v) is 7.78. The first-order chi connectivity index (χ1) is 4.62. The van der Waals surface area contributed by atoms with Gasteiger partial charge in [0.25, 0.3) is 0 Å². The fourth-order valence-electron chi connectivity index (χ4n) is 0.687. The number of rotatable bonds is 4. The maximum Gasteiger partial charge on any atom is -0.0177 e. The summed E-state index contributed by atoms with van der Waals surface area (Å²) in [6.45, 7) is 9.00. The number of hydrogen-bond donors (Lipinski definition) is 0. The van der Waals surface area contributed by atoms with Gasteiger partial charge in [0.05, 0.1) is 0 Å². The number of unbranched alkanes of at least 4 members (excludes halogenated alkanes) is 1. The van der Waals surface area contributed by atoms with Gasteiger partial charge in [-0.3, -0.25) is 0 Å². The highest BCUT2D eigenvalue weighted by Crippen LogP contribution is 2.21. The van der Waals surface area contributed by atoms with Crippen LogP contribution in [0.25, 0.3) is 0 Å². The van der Waals surface area contributed by atoms with Crippen LogP contribution in [0.4, 0.5) is 0 Å². The molecule has 0 aromatic carbocycles. The summed E-state index contributed by atoms with van der Waals surface area (Å²) >= 11 is 0. The molecule has 0 N–H and O–H groups in total. The Balaban J connectivity index is 3.63. The first-order valence-electron chi connectivity index (χ1n) is 4.30. The lowest BCUT2D eigenvalue weighted by Crippen LogP contribution is -2.03. The Morgan fingerprint density at radius 2 is 1.80 bits per heavy atom. The van der Waals surface area contributed by atoms with E-state index in [1.807, 2.05) is 0 Å². The SMILES string of the molecule is CCC/C=C\C(C)(C)CC. The van der Waals surface area contributed by atoms with Gasteiger partial charge in [-0.1, -0.05) is 46.3 Å². The summed E-state index contributed by atoms with van der Waals surface area (Å²) in [5.41, 5.74) is 0.412. The van der Waals surface area contributed by atoms with Crippen molar-refractivity contribution >= 4 is 0 Å². The molecule has 0 aliphatic rings. The molecule has 0 heteroatoms. The third-order valence-electron chi connectivity index (χ3n) is 1.94. The number of allylic oxidation sites excluding steroid dienone is 2. The van der Waals surface area contributed by atoms with Gasteiger partial charge in [0.2, 0.25) is 0 Å². The molecule has 0 nitrogen and oxygen atoms in total. The highest BCUT2D eigenvalue weighted by atomic mass is 14.1. The molecule has 0 atom stereocenters. The van der Waals surface area contributed by atoms with Crippen molar-refractivity contribution < 1.29 is 0 Å². The minimum Gasteiger partial charge on any atom is -0.0880 e. The topological polar surface area (TPSA) is 0 Å². The molecular formula is C10H20. The quantitative estimate of drug-likeness (QED) is 0.521. The van der Waals surface area contributed by atoms with E-state index < -0.39 is 0 Å². The molecule has 0 saturated heterocycles.